The van der Waals surface area contributed by atoms with E-state index in [0.29, 0.717) is 29.2 Å². The number of aliphatic imine (C=N–C) groups is 1. The summed E-state index contributed by atoms with van der Waals surface area (Å²) in [4.78, 5) is 22.3. The van der Waals surface area contributed by atoms with Gasteiger partial charge >= 0.3 is 0 Å². The van der Waals surface area contributed by atoms with E-state index in [1.165, 1.54) is 17.2 Å². The Balaban J connectivity index is 1.68. The second-order valence-electron chi connectivity index (χ2n) is 8.93. The zero-order chi connectivity index (χ0) is 24.2. The lowest BCUT2D eigenvalue weighted by molar-refractivity contribution is -0.126. The summed E-state index contributed by atoms with van der Waals surface area (Å²) in [6.45, 7) is 8.95. The minimum absolute atomic E-state index is 0.0203. The molecule has 0 bridgehead atoms. The van der Waals surface area contributed by atoms with Crippen molar-refractivity contribution in [3.8, 4) is 0 Å². The fourth-order valence-electron chi connectivity index (χ4n) is 4.62. The molecule has 0 aromatic heterocycles. The molecule has 0 spiro atoms. The minimum atomic E-state index is -0.328. The quantitative estimate of drug-likeness (QED) is 0.511. The van der Waals surface area contributed by atoms with Crippen LogP contribution in [0.5, 0.6) is 0 Å². The lowest BCUT2D eigenvalue weighted by Crippen LogP contribution is -2.43. The molecule has 4 nitrogen and oxygen atoms in total. The Bertz CT molecular complexity index is 1190. The third-order valence-corrected chi connectivity index (χ3v) is 6.70. The lowest BCUT2D eigenvalue weighted by Gasteiger charge is -2.36. The Morgan fingerprint density at radius 2 is 1.94 bits per heavy atom. The number of carbonyl (C=O) groups excluding carboxylic acids is 1. The standard InChI is InChI=1S/C29H32FN3O/c1-5-6-12-23-19-27(29(34)33-17-16-22-11-7-8-14-25(22)21(33)3)31-28(32(23)4)18-20(2)24-13-9-10-15-26(24)30/h7-11,13-15,18-19,21H,2,5-6,12,16-17H2,1,3-4H3/b28-18-. The first-order valence-electron chi connectivity index (χ1n) is 12.0. The molecule has 1 atom stereocenters. The Labute approximate surface area is 201 Å². The van der Waals surface area contributed by atoms with Crippen LogP contribution in [0, 0.1) is 5.82 Å². The van der Waals surface area contributed by atoms with Crippen LogP contribution in [0.15, 0.2) is 83.8 Å². The van der Waals surface area contributed by atoms with Gasteiger partial charge in [-0.1, -0.05) is 62.4 Å². The number of benzene rings is 2. The van der Waals surface area contributed by atoms with Crippen LogP contribution in [0.3, 0.4) is 0 Å². The van der Waals surface area contributed by atoms with E-state index in [1.807, 2.05) is 35.1 Å². The number of carbonyl (C=O) groups is 1. The summed E-state index contributed by atoms with van der Waals surface area (Å²) in [5.41, 5.74) is 4.88. The van der Waals surface area contributed by atoms with Gasteiger partial charge < -0.3 is 9.80 Å². The Morgan fingerprint density at radius 1 is 1.21 bits per heavy atom. The minimum Gasteiger partial charge on any atom is -0.333 e. The van der Waals surface area contributed by atoms with Crippen molar-refractivity contribution in [2.24, 2.45) is 4.99 Å². The third-order valence-electron chi connectivity index (χ3n) is 6.70. The van der Waals surface area contributed by atoms with Crippen molar-refractivity contribution in [3.63, 3.8) is 0 Å². The van der Waals surface area contributed by atoms with E-state index < -0.39 is 0 Å². The first kappa shape index (κ1) is 23.7. The van der Waals surface area contributed by atoms with Crippen molar-refractivity contribution in [2.45, 2.75) is 45.6 Å². The summed E-state index contributed by atoms with van der Waals surface area (Å²) >= 11 is 0. The molecule has 34 heavy (non-hydrogen) atoms. The molecule has 0 saturated heterocycles. The van der Waals surface area contributed by atoms with Crippen molar-refractivity contribution >= 4 is 17.2 Å². The predicted octanol–water partition coefficient (Wildman–Crippen LogP) is 6.29. The smallest absolute Gasteiger partial charge is 0.273 e. The van der Waals surface area contributed by atoms with Crippen LogP contribution in [0.1, 0.15) is 55.8 Å². The first-order valence-corrected chi connectivity index (χ1v) is 12.0. The van der Waals surface area contributed by atoms with E-state index in [1.54, 1.807) is 24.3 Å². The second-order valence-corrected chi connectivity index (χ2v) is 8.93. The van der Waals surface area contributed by atoms with Gasteiger partial charge in [0, 0.05) is 24.9 Å². The van der Waals surface area contributed by atoms with Gasteiger partial charge in [0.05, 0.1) is 6.04 Å². The normalized spacial score (nSPS) is 18.9. The van der Waals surface area contributed by atoms with Crippen molar-refractivity contribution in [1.29, 1.82) is 0 Å². The van der Waals surface area contributed by atoms with Gasteiger partial charge in [-0.3, -0.25) is 4.79 Å². The summed E-state index contributed by atoms with van der Waals surface area (Å²) in [6, 6.07) is 14.9. The number of fused-ring (bicyclic) bond motifs is 1. The van der Waals surface area contributed by atoms with Crippen molar-refractivity contribution in [2.75, 3.05) is 13.6 Å². The highest BCUT2D eigenvalue weighted by molar-refractivity contribution is 6.43. The van der Waals surface area contributed by atoms with Gasteiger partial charge in [-0.05, 0) is 61.1 Å². The predicted molar refractivity (Wildman–Crippen MR) is 137 cm³/mol. The van der Waals surface area contributed by atoms with Crippen LogP contribution in [0.25, 0.3) is 5.57 Å². The number of hydrogen-bond donors (Lipinski definition) is 0. The summed E-state index contributed by atoms with van der Waals surface area (Å²) < 4.78 is 14.3. The molecule has 1 unspecified atom stereocenters. The van der Waals surface area contributed by atoms with Gasteiger partial charge in [-0.15, -0.1) is 0 Å². The van der Waals surface area contributed by atoms with E-state index in [4.69, 9.17) is 4.99 Å². The molecule has 2 aliphatic heterocycles. The Kier molecular flexibility index (Phi) is 7.11. The largest absolute Gasteiger partial charge is 0.333 e. The monoisotopic (exact) mass is 457 g/mol. The number of amides is 1. The van der Waals surface area contributed by atoms with E-state index in [9.17, 15) is 9.18 Å². The van der Waals surface area contributed by atoms with E-state index in [-0.39, 0.29) is 17.8 Å². The molecule has 1 amide bonds. The van der Waals surface area contributed by atoms with E-state index >= 15 is 0 Å². The maximum atomic E-state index is 14.3. The highest BCUT2D eigenvalue weighted by Gasteiger charge is 2.31. The number of nitrogens with zero attached hydrogens (tertiary/aromatic N) is 3. The van der Waals surface area contributed by atoms with E-state index in [0.717, 1.165) is 31.4 Å². The SMILES string of the molecule is C=C(/C=C1/N=C(C(=O)N2CCc3ccccc3C2C)C=C(CCCC)N1C)c1ccccc1F. The molecule has 0 fully saturated rings. The summed E-state index contributed by atoms with van der Waals surface area (Å²) in [5, 5.41) is 0. The molecule has 5 heteroatoms. The van der Waals surface area contributed by atoms with Crippen LogP contribution in [0.4, 0.5) is 4.39 Å². The second kappa shape index (κ2) is 10.2. The van der Waals surface area contributed by atoms with Crippen LogP contribution >= 0.6 is 0 Å². The highest BCUT2D eigenvalue weighted by atomic mass is 19.1. The van der Waals surface area contributed by atoms with Gasteiger partial charge in [0.25, 0.3) is 5.91 Å². The number of rotatable bonds is 6. The summed E-state index contributed by atoms with van der Waals surface area (Å²) in [5.74, 6) is 0.187. The molecular weight excluding hydrogens is 425 g/mol. The Hall–Kier alpha value is -3.47. The Morgan fingerprint density at radius 3 is 2.71 bits per heavy atom. The molecule has 2 aliphatic rings. The maximum absolute atomic E-state index is 14.3. The van der Waals surface area contributed by atoms with Crippen molar-refractivity contribution in [1.82, 2.24) is 9.80 Å². The zero-order valence-electron chi connectivity index (χ0n) is 20.2. The topological polar surface area (TPSA) is 35.9 Å². The molecule has 2 aromatic carbocycles. The van der Waals surface area contributed by atoms with E-state index in [2.05, 4.69) is 32.6 Å². The zero-order valence-corrected chi connectivity index (χ0v) is 20.2. The summed E-state index contributed by atoms with van der Waals surface area (Å²) in [6.07, 6.45) is 7.40. The average molecular weight is 458 g/mol. The fourth-order valence-corrected chi connectivity index (χ4v) is 4.62. The molecule has 4 rings (SSSR count). The van der Waals surface area contributed by atoms with Gasteiger partial charge in [-0.2, -0.15) is 0 Å². The summed E-state index contributed by atoms with van der Waals surface area (Å²) in [7, 11) is 1.94. The van der Waals surface area contributed by atoms with Crippen LogP contribution in [-0.4, -0.2) is 35.0 Å². The van der Waals surface area contributed by atoms with Crippen LogP contribution in [-0.2, 0) is 11.2 Å². The number of halogens is 1. The molecule has 2 heterocycles. The van der Waals surface area contributed by atoms with Crippen molar-refractivity contribution in [3.05, 3.63) is 101 Å². The lowest BCUT2D eigenvalue weighted by atomic mass is 9.93. The van der Waals surface area contributed by atoms with Crippen LogP contribution < -0.4 is 0 Å². The molecule has 0 aliphatic carbocycles. The van der Waals surface area contributed by atoms with Gasteiger partial charge in [0.15, 0.2) is 0 Å². The maximum Gasteiger partial charge on any atom is 0.273 e. The fraction of sp³-hybridized carbons (Fsp3) is 0.310. The average Bonchev–Trinajstić information content (AvgIpc) is 2.84. The highest BCUT2D eigenvalue weighted by Crippen LogP contribution is 2.31. The van der Waals surface area contributed by atoms with Gasteiger partial charge in [0.2, 0.25) is 0 Å². The first-order chi connectivity index (χ1) is 16.4. The number of hydrogen-bond acceptors (Lipinski definition) is 3. The van der Waals surface area contributed by atoms with Gasteiger partial charge in [0.1, 0.15) is 17.3 Å². The van der Waals surface area contributed by atoms with Crippen molar-refractivity contribution < 1.29 is 9.18 Å². The van der Waals surface area contributed by atoms with Gasteiger partial charge in [-0.25, -0.2) is 9.38 Å². The molecule has 2 aromatic rings. The molecular formula is C29H32FN3O. The molecule has 0 radical (unpaired) electrons. The molecule has 0 N–H and O–H groups in total. The number of allylic oxidation sites excluding steroid dienone is 3. The third kappa shape index (κ3) is 4.74. The number of unbranched alkanes of at least 4 members (excludes halogenated alkanes) is 1. The molecule has 0 saturated carbocycles. The molecule has 176 valence electrons. The van der Waals surface area contributed by atoms with Crippen LogP contribution in [0.2, 0.25) is 0 Å².